The Kier molecular flexibility index (Phi) is 5.95. The van der Waals surface area contributed by atoms with Gasteiger partial charge in [0.15, 0.2) is 5.76 Å². The highest BCUT2D eigenvalue weighted by Crippen LogP contribution is 2.32. The van der Waals surface area contributed by atoms with E-state index in [4.69, 9.17) is 4.42 Å². The lowest BCUT2D eigenvalue weighted by Crippen LogP contribution is -2.43. The molecule has 1 aromatic carbocycles. The van der Waals surface area contributed by atoms with Crippen LogP contribution in [0, 0.1) is 18.8 Å². The van der Waals surface area contributed by atoms with E-state index in [-0.39, 0.29) is 22.6 Å². The molecule has 2 aromatic rings. The molecule has 6 nitrogen and oxygen atoms in total. The lowest BCUT2D eigenvalue weighted by atomic mass is 9.78. The Labute approximate surface area is 179 Å². The van der Waals surface area contributed by atoms with Crippen molar-refractivity contribution in [2.75, 3.05) is 13.1 Å². The van der Waals surface area contributed by atoms with E-state index in [1.54, 1.807) is 22.5 Å². The first-order valence-electron chi connectivity index (χ1n) is 11.1. The molecule has 2 aliphatic rings. The zero-order chi connectivity index (χ0) is 21.5. The zero-order valence-electron chi connectivity index (χ0n) is 18.1. The van der Waals surface area contributed by atoms with Crippen molar-refractivity contribution < 1.29 is 17.6 Å². The lowest BCUT2D eigenvalue weighted by Gasteiger charge is -2.34. The van der Waals surface area contributed by atoms with Gasteiger partial charge in [0, 0.05) is 30.1 Å². The number of sulfonamides is 1. The summed E-state index contributed by atoms with van der Waals surface area (Å²) in [5.41, 5.74) is 1.23. The first kappa shape index (κ1) is 21.4. The number of rotatable bonds is 4. The van der Waals surface area contributed by atoms with Gasteiger partial charge in [0.1, 0.15) is 5.58 Å². The summed E-state index contributed by atoms with van der Waals surface area (Å²) < 4.78 is 33.5. The lowest BCUT2D eigenvalue weighted by molar-refractivity contribution is 0.0864. The minimum atomic E-state index is -3.53. The number of benzene rings is 1. The molecule has 3 atom stereocenters. The maximum atomic E-state index is 13.0. The molecule has 2 heterocycles. The summed E-state index contributed by atoms with van der Waals surface area (Å²) in [6, 6.07) is 5.05. The first-order valence-corrected chi connectivity index (χ1v) is 12.6. The molecule has 0 spiro atoms. The van der Waals surface area contributed by atoms with Crippen molar-refractivity contribution in [2.45, 2.75) is 70.2 Å². The predicted octanol–water partition coefficient (Wildman–Crippen LogP) is 4.47. The molecule has 0 bridgehead atoms. The van der Waals surface area contributed by atoms with Crippen molar-refractivity contribution in [1.29, 1.82) is 0 Å². The largest absolute Gasteiger partial charge is 0.451 e. The van der Waals surface area contributed by atoms with Gasteiger partial charge in [-0.3, -0.25) is 4.79 Å². The van der Waals surface area contributed by atoms with Crippen molar-refractivity contribution in [3.63, 3.8) is 0 Å². The Morgan fingerprint density at radius 1 is 1.10 bits per heavy atom. The van der Waals surface area contributed by atoms with Gasteiger partial charge in [-0.1, -0.05) is 33.1 Å². The number of nitrogens with one attached hydrogen (secondary N) is 1. The summed E-state index contributed by atoms with van der Waals surface area (Å²) in [7, 11) is -3.53. The summed E-state index contributed by atoms with van der Waals surface area (Å²) in [6.07, 6.45) is 6.17. The SMILES string of the molecule is Cc1c(C(=O)NC2CCCC(C)C2C)oc2ccc(S(=O)(=O)N3CCCCC3)cc12. The molecule has 0 radical (unpaired) electrons. The Bertz CT molecular complexity index is 1040. The van der Waals surface area contributed by atoms with Crippen molar-refractivity contribution in [1.82, 2.24) is 9.62 Å². The minimum Gasteiger partial charge on any atom is -0.451 e. The molecule has 1 saturated carbocycles. The van der Waals surface area contributed by atoms with Crippen molar-refractivity contribution >= 4 is 26.9 Å². The van der Waals surface area contributed by atoms with Crippen LogP contribution in [0.5, 0.6) is 0 Å². The third kappa shape index (κ3) is 3.89. The highest BCUT2D eigenvalue weighted by Gasteiger charge is 2.31. The highest BCUT2D eigenvalue weighted by atomic mass is 32.2. The number of piperidine rings is 1. The maximum absolute atomic E-state index is 13.0. The third-order valence-electron chi connectivity index (χ3n) is 7.09. The number of fused-ring (bicyclic) bond motifs is 1. The van der Waals surface area contributed by atoms with E-state index >= 15 is 0 Å². The molecule has 4 rings (SSSR count). The second kappa shape index (κ2) is 8.35. The van der Waals surface area contributed by atoms with Crippen LogP contribution in [-0.4, -0.2) is 37.8 Å². The van der Waals surface area contributed by atoms with Gasteiger partial charge in [0.2, 0.25) is 10.0 Å². The van der Waals surface area contributed by atoms with Gasteiger partial charge in [-0.15, -0.1) is 0 Å². The molecule has 7 heteroatoms. The Morgan fingerprint density at radius 2 is 1.83 bits per heavy atom. The average molecular weight is 433 g/mol. The Hall–Kier alpha value is -1.86. The van der Waals surface area contributed by atoms with Crippen molar-refractivity contribution in [3.05, 3.63) is 29.5 Å². The topological polar surface area (TPSA) is 79.6 Å². The van der Waals surface area contributed by atoms with Gasteiger partial charge < -0.3 is 9.73 Å². The molecule has 1 aliphatic heterocycles. The summed E-state index contributed by atoms with van der Waals surface area (Å²) in [6.45, 7) is 7.38. The monoisotopic (exact) mass is 432 g/mol. The van der Waals surface area contributed by atoms with Gasteiger partial charge in [-0.05, 0) is 56.2 Å². The molecule has 1 aromatic heterocycles. The fourth-order valence-corrected chi connectivity index (χ4v) is 6.39. The highest BCUT2D eigenvalue weighted by molar-refractivity contribution is 7.89. The van der Waals surface area contributed by atoms with Crippen LogP contribution in [0.2, 0.25) is 0 Å². The molecule has 3 unspecified atom stereocenters. The van der Waals surface area contributed by atoms with Crippen LogP contribution in [0.3, 0.4) is 0 Å². The van der Waals surface area contributed by atoms with Gasteiger partial charge >= 0.3 is 0 Å². The zero-order valence-corrected chi connectivity index (χ0v) is 18.9. The van der Waals surface area contributed by atoms with Crippen LogP contribution in [0.4, 0.5) is 0 Å². The number of hydrogen-bond donors (Lipinski definition) is 1. The number of hydrogen-bond acceptors (Lipinski definition) is 4. The molecule has 30 heavy (non-hydrogen) atoms. The fourth-order valence-electron chi connectivity index (χ4n) is 4.85. The van der Waals surface area contributed by atoms with Gasteiger partial charge in [0.05, 0.1) is 4.90 Å². The van der Waals surface area contributed by atoms with Crippen LogP contribution in [0.1, 0.15) is 68.5 Å². The molecule has 1 saturated heterocycles. The Balaban J connectivity index is 1.60. The van der Waals surface area contributed by atoms with Crippen LogP contribution < -0.4 is 5.32 Å². The van der Waals surface area contributed by atoms with E-state index < -0.39 is 10.0 Å². The normalized spacial score (nSPS) is 26.0. The fraction of sp³-hybridized carbons (Fsp3) is 0.609. The number of furan rings is 1. The number of aryl methyl sites for hydroxylation is 1. The van der Waals surface area contributed by atoms with E-state index in [1.165, 1.54) is 6.42 Å². The quantitative estimate of drug-likeness (QED) is 0.773. The van der Waals surface area contributed by atoms with E-state index in [0.717, 1.165) is 32.1 Å². The molecule has 1 N–H and O–H groups in total. The maximum Gasteiger partial charge on any atom is 0.287 e. The van der Waals surface area contributed by atoms with Gasteiger partial charge in [-0.25, -0.2) is 8.42 Å². The first-order chi connectivity index (χ1) is 14.3. The van der Waals surface area contributed by atoms with E-state index in [2.05, 4.69) is 19.2 Å². The molecular formula is C23H32N2O4S. The van der Waals surface area contributed by atoms with E-state index in [0.29, 0.717) is 41.5 Å². The van der Waals surface area contributed by atoms with Crippen LogP contribution in [0.25, 0.3) is 11.0 Å². The van der Waals surface area contributed by atoms with E-state index in [1.807, 2.05) is 6.92 Å². The van der Waals surface area contributed by atoms with Gasteiger partial charge in [0.25, 0.3) is 5.91 Å². The number of amides is 1. The van der Waals surface area contributed by atoms with Gasteiger partial charge in [-0.2, -0.15) is 4.31 Å². The summed E-state index contributed by atoms with van der Waals surface area (Å²) in [5, 5.41) is 3.84. The van der Waals surface area contributed by atoms with Crippen molar-refractivity contribution in [2.24, 2.45) is 11.8 Å². The predicted molar refractivity (Wildman–Crippen MR) is 117 cm³/mol. The molecular weight excluding hydrogens is 400 g/mol. The standard InChI is InChI=1S/C23H32N2O4S/c1-15-8-7-9-20(16(15)2)24-23(26)22-17(3)19-14-18(10-11-21(19)29-22)30(27,28)25-12-5-4-6-13-25/h10-11,14-16,20H,4-9,12-13H2,1-3H3,(H,24,26). The smallest absolute Gasteiger partial charge is 0.287 e. The average Bonchev–Trinajstić information content (AvgIpc) is 3.08. The Morgan fingerprint density at radius 3 is 2.57 bits per heavy atom. The van der Waals surface area contributed by atoms with Crippen LogP contribution >= 0.6 is 0 Å². The second-order valence-electron chi connectivity index (χ2n) is 9.03. The number of nitrogens with zero attached hydrogens (tertiary/aromatic N) is 1. The van der Waals surface area contributed by atoms with Crippen LogP contribution in [0.15, 0.2) is 27.5 Å². The summed E-state index contributed by atoms with van der Waals surface area (Å²) in [4.78, 5) is 13.2. The van der Waals surface area contributed by atoms with Crippen LogP contribution in [-0.2, 0) is 10.0 Å². The second-order valence-corrected chi connectivity index (χ2v) is 11.0. The summed E-state index contributed by atoms with van der Waals surface area (Å²) in [5.74, 6) is 1.08. The number of carbonyl (C=O) groups is 1. The molecule has 164 valence electrons. The van der Waals surface area contributed by atoms with E-state index in [9.17, 15) is 13.2 Å². The molecule has 1 amide bonds. The minimum absolute atomic E-state index is 0.143. The molecule has 1 aliphatic carbocycles. The number of carbonyl (C=O) groups excluding carboxylic acids is 1. The van der Waals surface area contributed by atoms with Crippen molar-refractivity contribution in [3.8, 4) is 0 Å². The third-order valence-corrected chi connectivity index (χ3v) is 8.98. The summed E-state index contributed by atoms with van der Waals surface area (Å²) >= 11 is 0. The molecule has 2 fully saturated rings.